The van der Waals surface area contributed by atoms with E-state index in [0.29, 0.717) is 17.7 Å². The van der Waals surface area contributed by atoms with Crippen molar-refractivity contribution in [1.29, 1.82) is 0 Å². The molecule has 1 unspecified atom stereocenters. The van der Waals surface area contributed by atoms with Gasteiger partial charge in [-0.2, -0.15) is 20.2 Å². The van der Waals surface area contributed by atoms with Crippen LogP contribution < -0.4 is 0 Å². The number of carbonyl (C=O) groups is 1. The largest absolute Gasteiger partial charge is 0.293 e. The van der Waals surface area contributed by atoms with Crippen molar-refractivity contribution >= 4 is 27.7 Å². The number of hydrogen-bond donors (Lipinski definition) is 0. The molecule has 1 aromatic rings. The lowest BCUT2D eigenvalue weighted by Gasteiger charge is -2.10. The van der Waals surface area contributed by atoms with Crippen molar-refractivity contribution in [2.75, 3.05) is 18.6 Å². The molecule has 0 bridgehead atoms. The third-order valence-electron chi connectivity index (χ3n) is 2.38. The molecule has 0 aliphatic heterocycles. The average molecular weight is 302 g/mol. The minimum absolute atomic E-state index is 0.0923. The predicted octanol–water partition coefficient (Wildman–Crippen LogP) is 2.36. The zero-order valence-electron chi connectivity index (χ0n) is 11.0. The van der Waals surface area contributed by atoms with Crippen LogP contribution in [0.3, 0.4) is 0 Å². The van der Waals surface area contributed by atoms with Crippen molar-refractivity contribution in [3.05, 3.63) is 35.9 Å². The second-order valence-corrected chi connectivity index (χ2v) is 7.22. The van der Waals surface area contributed by atoms with E-state index in [4.69, 9.17) is 0 Å². The lowest BCUT2D eigenvalue weighted by molar-refractivity contribution is 0.0994. The molecule has 1 aromatic carbocycles. The summed E-state index contributed by atoms with van der Waals surface area (Å²) in [7, 11) is -3.36. The highest BCUT2D eigenvalue weighted by molar-refractivity contribution is 8.00. The van der Waals surface area contributed by atoms with Gasteiger partial charge in [0.1, 0.15) is 0 Å². The van der Waals surface area contributed by atoms with Gasteiger partial charge in [0.2, 0.25) is 0 Å². The Bertz CT molecular complexity index is 497. The SMILES string of the molecule is CC(SCCCOS(C)(=O)=O)C(=O)c1ccccc1. The molecular formula is C13H18O4S2. The minimum atomic E-state index is -3.36. The summed E-state index contributed by atoms with van der Waals surface area (Å²) in [5, 5.41) is -0.138. The van der Waals surface area contributed by atoms with Crippen LogP contribution in [-0.4, -0.2) is 38.1 Å². The van der Waals surface area contributed by atoms with E-state index in [2.05, 4.69) is 4.18 Å². The molecule has 1 atom stereocenters. The normalized spacial score (nSPS) is 13.2. The average Bonchev–Trinajstić information content (AvgIpc) is 2.37. The molecule has 0 radical (unpaired) electrons. The van der Waals surface area contributed by atoms with Crippen molar-refractivity contribution in [2.45, 2.75) is 18.6 Å². The first-order chi connectivity index (χ1) is 8.90. The molecule has 1 rings (SSSR count). The second kappa shape index (κ2) is 7.67. The highest BCUT2D eigenvalue weighted by Crippen LogP contribution is 2.17. The molecule has 19 heavy (non-hydrogen) atoms. The summed E-state index contributed by atoms with van der Waals surface area (Å²) in [5.41, 5.74) is 0.704. The smallest absolute Gasteiger partial charge is 0.264 e. The predicted molar refractivity (Wildman–Crippen MR) is 78.1 cm³/mol. The van der Waals surface area contributed by atoms with E-state index in [0.717, 1.165) is 6.26 Å². The number of rotatable bonds is 8. The summed E-state index contributed by atoms with van der Waals surface area (Å²) in [6.45, 7) is 2.02. The molecule has 0 N–H and O–H groups in total. The van der Waals surface area contributed by atoms with Gasteiger partial charge in [-0.05, 0) is 19.1 Å². The van der Waals surface area contributed by atoms with Crippen LogP contribution in [0.25, 0.3) is 0 Å². The van der Waals surface area contributed by atoms with Gasteiger partial charge in [0.15, 0.2) is 5.78 Å². The third kappa shape index (κ3) is 6.75. The van der Waals surface area contributed by atoms with Crippen molar-refractivity contribution < 1.29 is 17.4 Å². The van der Waals surface area contributed by atoms with Crippen LogP contribution in [0.1, 0.15) is 23.7 Å². The summed E-state index contributed by atoms with van der Waals surface area (Å²) in [5.74, 6) is 0.782. The number of hydrogen-bond acceptors (Lipinski definition) is 5. The Labute approximate surface area is 118 Å². The summed E-state index contributed by atoms with van der Waals surface area (Å²) in [6.07, 6.45) is 1.63. The zero-order chi connectivity index (χ0) is 14.3. The quantitative estimate of drug-likeness (QED) is 0.419. The summed E-state index contributed by atoms with van der Waals surface area (Å²) in [6, 6.07) is 9.14. The first-order valence-electron chi connectivity index (χ1n) is 5.95. The Balaban J connectivity index is 2.28. The topological polar surface area (TPSA) is 60.4 Å². The number of ketones is 1. The van der Waals surface area contributed by atoms with Gasteiger partial charge in [0.05, 0.1) is 18.1 Å². The van der Waals surface area contributed by atoms with Crippen LogP contribution in [0.15, 0.2) is 30.3 Å². The van der Waals surface area contributed by atoms with Gasteiger partial charge in [-0.25, -0.2) is 0 Å². The number of Topliss-reactive ketones (excluding diaryl/α,β-unsaturated/α-hetero) is 1. The standard InChI is InChI=1S/C13H18O4S2/c1-11(13(14)12-7-4-3-5-8-12)18-10-6-9-17-19(2,15)16/h3-5,7-8,11H,6,9-10H2,1-2H3. The second-order valence-electron chi connectivity index (χ2n) is 4.12. The first kappa shape index (κ1) is 16.2. The molecule has 0 fully saturated rings. The van der Waals surface area contributed by atoms with Crippen LogP contribution >= 0.6 is 11.8 Å². The van der Waals surface area contributed by atoms with Crippen molar-refractivity contribution in [3.63, 3.8) is 0 Å². The molecule has 6 heteroatoms. The monoisotopic (exact) mass is 302 g/mol. The number of carbonyl (C=O) groups excluding carboxylic acids is 1. The fourth-order valence-electron chi connectivity index (χ4n) is 1.44. The van der Waals surface area contributed by atoms with Gasteiger partial charge in [0, 0.05) is 5.56 Å². The molecule has 0 heterocycles. The first-order valence-corrected chi connectivity index (χ1v) is 8.82. The maximum Gasteiger partial charge on any atom is 0.264 e. The Kier molecular flexibility index (Phi) is 6.54. The van der Waals surface area contributed by atoms with E-state index in [9.17, 15) is 13.2 Å². The van der Waals surface area contributed by atoms with Crippen LogP contribution in [0, 0.1) is 0 Å². The van der Waals surface area contributed by atoms with Crippen molar-refractivity contribution in [3.8, 4) is 0 Å². The van der Waals surface area contributed by atoms with Crippen LogP contribution in [0.2, 0.25) is 0 Å². The Morgan fingerprint density at radius 3 is 2.53 bits per heavy atom. The highest BCUT2D eigenvalue weighted by Gasteiger charge is 2.14. The Morgan fingerprint density at radius 1 is 1.32 bits per heavy atom. The van der Waals surface area contributed by atoms with Crippen LogP contribution in [0.4, 0.5) is 0 Å². The maximum atomic E-state index is 12.0. The van der Waals surface area contributed by atoms with E-state index in [1.807, 2.05) is 25.1 Å². The van der Waals surface area contributed by atoms with Gasteiger partial charge in [-0.15, -0.1) is 0 Å². The van der Waals surface area contributed by atoms with E-state index < -0.39 is 10.1 Å². The molecule has 0 saturated carbocycles. The molecule has 0 aliphatic rings. The van der Waals surface area contributed by atoms with E-state index in [1.165, 1.54) is 11.8 Å². The number of benzene rings is 1. The van der Waals surface area contributed by atoms with Crippen LogP contribution in [0.5, 0.6) is 0 Å². The lowest BCUT2D eigenvalue weighted by Crippen LogP contribution is -2.14. The molecule has 0 aliphatic carbocycles. The van der Waals surface area contributed by atoms with Gasteiger partial charge in [-0.3, -0.25) is 8.98 Å². The van der Waals surface area contributed by atoms with Crippen molar-refractivity contribution in [1.82, 2.24) is 0 Å². The molecule has 106 valence electrons. The zero-order valence-corrected chi connectivity index (χ0v) is 12.7. The molecule has 0 amide bonds. The van der Waals surface area contributed by atoms with Gasteiger partial charge >= 0.3 is 0 Å². The molecule has 4 nitrogen and oxygen atoms in total. The fraction of sp³-hybridized carbons (Fsp3) is 0.462. The molecule has 0 saturated heterocycles. The third-order valence-corrected chi connectivity index (χ3v) is 4.21. The van der Waals surface area contributed by atoms with E-state index >= 15 is 0 Å². The Morgan fingerprint density at radius 2 is 1.95 bits per heavy atom. The fourth-order valence-corrected chi connectivity index (χ4v) is 2.79. The number of thioether (sulfide) groups is 1. The van der Waals surface area contributed by atoms with Gasteiger partial charge in [0.25, 0.3) is 10.1 Å². The van der Waals surface area contributed by atoms with E-state index in [-0.39, 0.29) is 17.6 Å². The lowest BCUT2D eigenvalue weighted by atomic mass is 10.1. The molecular weight excluding hydrogens is 284 g/mol. The summed E-state index contributed by atoms with van der Waals surface area (Å²) >= 11 is 1.51. The summed E-state index contributed by atoms with van der Waals surface area (Å²) < 4.78 is 26.1. The van der Waals surface area contributed by atoms with Crippen LogP contribution in [-0.2, 0) is 14.3 Å². The maximum absolute atomic E-state index is 12.0. The van der Waals surface area contributed by atoms with Gasteiger partial charge < -0.3 is 0 Å². The summed E-state index contributed by atoms with van der Waals surface area (Å²) in [4.78, 5) is 12.0. The van der Waals surface area contributed by atoms with Gasteiger partial charge in [-0.1, -0.05) is 30.3 Å². The van der Waals surface area contributed by atoms with E-state index in [1.54, 1.807) is 12.1 Å². The van der Waals surface area contributed by atoms with Crippen molar-refractivity contribution in [2.24, 2.45) is 0 Å². The minimum Gasteiger partial charge on any atom is -0.293 e. The molecule has 0 spiro atoms. The molecule has 0 aromatic heterocycles. The Hall–Kier alpha value is -0.850. The highest BCUT2D eigenvalue weighted by atomic mass is 32.2.